The molecule has 4 nitrogen and oxygen atoms in total. The molecule has 1 saturated heterocycles. The van der Waals surface area contributed by atoms with Crippen LogP contribution >= 0.6 is 0 Å². The number of nitrogens with one attached hydrogen (secondary N) is 1. The molecule has 0 aromatic heterocycles. The van der Waals surface area contributed by atoms with Gasteiger partial charge in [0.05, 0.1) is 0 Å². The molecule has 1 aliphatic rings. The highest BCUT2D eigenvalue weighted by Crippen LogP contribution is 2.34. The van der Waals surface area contributed by atoms with E-state index in [0.29, 0.717) is 32.6 Å². The van der Waals surface area contributed by atoms with Crippen LogP contribution in [0.25, 0.3) is 0 Å². The lowest BCUT2D eigenvalue weighted by Gasteiger charge is -2.38. The van der Waals surface area contributed by atoms with E-state index in [-0.39, 0.29) is 29.5 Å². The third-order valence-electron chi connectivity index (χ3n) is 4.71. The molecule has 1 N–H and O–H groups in total. The van der Waals surface area contributed by atoms with Crippen molar-refractivity contribution in [1.29, 1.82) is 0 Å². The Morgan fingerprint density at radius 1 is 1.12 bits per heavy atom. The van der Waals surface area contributed by atoms with Crippen molar-refractivity contribution >= 4 is 5.91 Å². The van der Waals surface area contributed by atoms with Crippen LogP contribution < -0.4 is 10.1 Å². The van der Waals surface area contributed by atoms with E-state index >= 15 is 0 Å². The van der Waals surface area contributed by atoms with Gasteiger partial charge in [-0.15, -0.1) is 0 Å². The molecule has 0 radical (unpaired) electrons. The molecule has 1 heterocycles. The van der Waals surface area contributed by atoms with Gasteiger partial charge in [-0.2, -0.15) is 0 Å². The summed E-state index contributed by atoms with van der Waals surface area (Å²) in [5.41, 5.74) is 0.463. The number of benzene rings is 2. The number of halogens is 2. The van der Waals surface area contributed by atoms with Gasteiger partial charge >= 0.3 is 0 Å². The minimum absolute atomic E-state index is 0.0357. The van der Waals surface area contributed by atoms with Crippen LogP contribution in [0, 0.1) is 11.6 Å². The normalized spacial score (nSPS) is 16.1. The van der Waals surface area contributed by atoms with Crippen molar-refractivity contribution in [2.24, 2.45) is 0 Å². The van der Waals surface area contributed by atoms with Crippen LogP contribution in [0.5, 0.6) is 5.75 Å². The predicted octanol–water partition coefficient (Wildman–Crippen LogP) is 3.21. The van der Waals surface area contributed by atoms with E-state index in [1.165, 1.54) is 24.3 Å². The monoisotopic (exact) mass is 361 g/mol. The summed E-state index contributed by atoms with van der Waals surface area (Å²) in [6, 6.07) is 12.4. The highest BCUT2D eigenvalue weighted by molar-refractivity contribution is 5.77. The first-order valence-corrected chi connectivity index (χ1v) is 8.57. The molecule has 0 aliphatic carbocycles. The molecule has 6 heteroatoms. The van der Waals surface area contributed by atoms with Gasteiger partial charge in [-0.05, 0) is 42.7 Å². The average Bonchev–Trinajstić information content (AvgIpc) is 2.66. The topological polar surface area (TPSA) is 47.6 Å². The van der Waals surface area contributed by atoms with Crippen molar-refractivity contribution in [3.8, 4) is 5.75 Å². The van der Waals surface area contributed by atoms with Gasteiger partial charge in [0.1, 0.15) is 5.82 Å². The number of carbonyl (C=O) groups is 1. The van der Waals surface area contributed by atoms with Crippen molar-refractivity contribution < 1.29 is 23.0 Å². The molecule has 1 amide bonds. The molecule has 1 fully saturated rings. The summed E-state index contributed by atoms with van der Waals surface area (Å²) in [6.07, 6.45) is 1.37. The van der Waals surface area contributed by atoms with Gasteiger partial charge in [-0.25, -0.2) is 8.78 Å². The zero-order valence-corrected chi connectivity index (χ0v) is 14.3. The molecule has 1 aliphatic heterocycles. The summed E-state index contributed by atoms with van der Waals surface area (Å²) >= 11 is 0. The maximum absolute atomic E-state index is 13.7. The van der Waals surface area contributed by atoms with E-state index in [4.69, 9.17) is 9.47 Å². The molecule has 2 aromatic carbocycles. The fourth-order valence-electron chi connectivity index (χ4n) is 3.17. The first-order chi connectivity index (χ1) is 12.6. The fourth-order valence-corrected chi connectivity index (χ4v) is 3.17. The first kappa shape index (κ1) is 18.3. The van der Waals surface area contributed by atoms with Crippen molar-refractivity contribution in [1.82, 2.24) is 5.32 Å². The quantitative estimate of drug-likeness (QED) is 0.860. The van der Waals surface area contributed by atoms with Crippen molar-refractivity contribution in [2.45, 2.75) is 18.3 Å². The zero-order chi connectivity index (χ0) is 18.4. The second-order valence-electron chi connectivity index (χ2n) is 6.40. The van der Waals surface area contributed by atoms with Crippen molar-refractivity contribution in [3.63, 3.8) is 0 Å². The van der Waals surface area contributed by atoms with Crippen molar-refractivity contribution in [2.75, 3.05) is 26.4 Å². The van der Waals surface area contributed by atoms with E-state index in [1.807, 2.05) is 6.07 Å². The number of ether oxygens (including phenoxy) is 2. The minimum atomic E-state index is -0.513. The van der Waals surface area contributed by atoms with E-state index in [9.17, 15) is 13.6 Å². The second-order valence-corrected chi connectivity index (χ2v) is 6.40. The molecular weight excluding hydrogens is 340 g/mol. The summed E-state index contributed by atoms with van der Waals surface area (Å²) in [5.74, 6) is -1.13. The van der Waals surface area contributed by atoms with Gasteiger partial charge in [-0.3, -0.25) is 4.79 Å². The molecule has 0 spiro atoms. The fraction of sp³-hybridized carbons (Fsp3) is 0.350. The number of hydrogen-bond acceptors (Lipinski definition) is 3. The van der Waals surface area contributed by atoms with Crippen LogP contribution in [-0.4, -0.2) is 32.3 Å². The van der Waals surface area contributed by atoms with Gasteiger partial charge in [0, 0.05) is 25.2 Å². The zero-order valence-electron chi connectivity index (χ0n) is 14.3. The number of amides is 1. The maximum atomic E-state index is 13.7. The molecule has 0 atom stereocenters. The van der Waals surface area contributed by atoms with Crippen LogP contribution in [0.4, 0.5) is 8.78 Å². The van der Waals surface area contributed by atoms with Gasteiger partial charge in [0.25, 0.3) is 5.91 Å². The second kappa shape index (κ2) is 8.27. The minimum Gasteiger partial charge on any atom is -0.481 e. The number of para-hydroxylation sites is 1. The van der Waals surface area contributed by atoms with Gasteiger partial charge in [0.2, 0.25) is 0 Å². The molecule has 2 aromatic rings. The third kappa shape index (κ3) is 4.38. The Kier molecular flexibility index (Phi) is 5.83. The summed E-state index contributed by atoms with van der Waals surface area (Å²) in [4.78, 5) is 12.1. The highest BCUT2D eigenvalue weighted by atomic mass is 19.1. The highest BCUT2D eigenvalue weighted by Gasteiger charge is 2.35. The van der Waals surface area contributed by atoms with Gasteiger partial charge in [0.15, 0.2) is 18.2 Å². The lowest BCUT2D eigenvalue weighted by atomic mass is 9.74. The molecule has 0 unspecified atom stereocenters. The molecule has 0 saturated carbocycles. The van der Waals surface area contributed by atoms with E-state index in [1.54, 1.807) is 18.2 Å². The van der Waals surface area contributed by atoms with Crippen LogP contribution in [0.15, 0.2) is 48.5 Å². The van der Waals surface area contributed by atoms with Crippen molar-refractivity contribution in [3.05, 3.63) is 65.7 Å². The Hall–Kier alpha value is -2.47. The summed E-state index contributed by atoms with van der Waals surface area (Å²) in [6.45, 7) is 1.17. The summed E-state index contributed by atoms with van der Waals surface area (Å²) in [5, 5.41) is 2.84. The Labute approximate surface area is 151 Å². The molecule has 26 heavy (non-hydrogen) atoms. The van der Waals surface area contributed by atoms with E-state index < -0.39 is 5.82 Å². The Morgan fingerprint density at radius 2 is 1.88 bits per heavy atom. The summed E-state index contributed by atoms with van der Waals surface area (Å²) < 4.78 is 37.8. The SMILES string of the molecule is O=C(COc1ccccc1F)NCC1(c2cccc(F)c2)CCOCC1. The molecule has 138 valence electrons. The van der Waals surface area contributed by atoms with Gasteiger partial charge < -0.3 is 14.8 Å². The smallest absolute Gasteiger partial charge is 0.257 e. The van der Waals surface area contributed by atoms with Crippen LogP contribution in [-0.2, 0) is 14.9 Å². The third-order valence-corrected chi connectivity index (χ3v) is 4.71. The predicted molar refractivity (Wildman–Crippen MR) is 93.0 cm³/mol. The van der Waals surface area contributed by atoms with Crippen LogP contribution in [0.2, 0.25) is 0 Å². The van der Waals surface area contributed by atoms with Crippen LogP contribution in [0.3, 0.4) is 0 Å². The first-order valence-electron chi connectivity index (χ1n) is 8.57. The number of hydrogen-bond donors (Lipinski definition) is 1. The Balaban J connectivity index is 1.63. The largest absolute Gasteiger partial charge is 0.481 e. The number of carbonyl (C=O) groups excluding carboxylic acids is 1. The van der Waals surface area contributed by atoms with Gasteiger partial charge in [-0.1, -0.05) is 24.3 Å². The Bertz CT molecular complexity index is 760. The maximum Gasteiger partial charge on any atom is 0.257 e. The van der Waals surface area contributed by atoms with E-state index in [2.05, 4.69) is 5.32 Å². The lowest BCUT2D eigenvalue weighted by molar-refractivity contribution is -0.123. The lowest BCUT2D eigenvalue weighted by Crippen LogP contribution is -2.45. The molecule has 3 rings (SSSR count). The standard InChI is InChI=1S/C20H21F2NO3/c21-16-5-3-4-15(12-16)20(8-10-25-11-9-20)14-23-19(24)13-26-18-7-2-1-6-17(18)22/h1-7,12H,8-11,13-14H2,(H,23,24). The Morgan fingerprint density at radius 3 is 2.62 bits per heavy atom. The summed E-state index contributed by atoms with van der Waals surface area (Å²) in [7, 11) is 0. The van der Waals surface area contributed by atoms with E-state index in [0.717, 1.165) is 5.56 Å². The number of rotatable bonds is 6. The average molecular weight is 361 g/mol. The molecular formula is C20H21F2NO3. The molecule has 0 bridgehead atoms. The van der Waals surface area contributed by atoms with Crippen LogP contribution in [0.1, 0.15) is 18.4 Å².